The molecule has 0 aromatic rings. The van der Waals surface area contributed by atoms with E-state index in [9.17, 15) is 0 Å². The fourth-order valence-electron chi connectivity index (χ4n) is 3.63. The monoisotopic (exact) mass is 238 g/mol. The Bertz CT molecular complexity index is 216. The van der Waals surface area contributed by atoms with Gasteiger partial charge in [-0.15, -0.1) is 0 Å². The highest BCUT2D eigenvalue weighted by molar-refractivity contribution is 4.93. The molecule has 0 heterocycles. The van der Waals surface area contributed by atoms with Crippen LogP contribution in [-0.4, -0.2) is 0 Å². The Morgan fingerprint density at radius 2 is 1.71 bits per heavy atom. The summed E-state index contributed by atoms with van der Waals surface area (Å²) >= 11 is 0. The first-order valence-corrected chi connectivity index (χ1v) is 7.94. The van der Waals surface area contributed by atoms with E-state index in [4.69, 9.17) is 0 Å². The topological polar surface area (TPSA) is 0 Å². The van der Waals surface area contributed by atoms with Crippen molar-refractivity contribution < 1.29 is 0 Å². The summed E-state index contributed by atoms with van der Waals surface area (Å²) in [6.45, 7) is 12.5. The SMILES string of the molecule is CCCCCC1(C)CCCCCC(C)C1(C)C. The van der Waals surface area contributed by atoms with Crippen LogP contribution < -0.4 is 0 Å². The maximum Gasteiger partial charge on any atom is -0.0272 e. The van der Waals surface area contributed by atoms with E-state index in [1.165, 1.54) is 57.8 Å². The van der Waals surface area contributed by atoms with Gasteiger partial charge in [0.15, 0.2) is 0 Å². The molecule has 2 atom stereocenters. The van der Waals surface area contributed by atoms with Gasteiger partial charge in [-0.2, -0.15) is 0 Å². The molecule has 2 unspecified atom stereocenters. The zero-order valence-corrected chi connectivity index (χ0v) is 12.9. The Morgan fingerprint density at radius 1 is 1.00 bits per heavy atom. The van der Waals surface area contributed by atoms with Crippen molar-refractivity contribution in [3.05, 3.63) is 0 Å². The van der Waals surface area contributed by atoms with E-state index < -0.39 is 0 Å². The largest absolute Gasteiger partial charge is 0.0654 e. The lowest BCUT2D eigenvalue weighted by Gasteiger charge is -2.50. The van der Waals surface area contributed by atoms with Crippen molar-refractivity contribution in [2.75, 3.05) is 0 Å². The van der Waals surface area contributed by atoms with Gasteiger partial charge in [0, 0.05) is 0 Å². The van der Waals surface area contributed by atoms with Gasteiger partial charge in [0.05, 0.1) is 0 Å². The predicted molar refractivity (Wildman–Crippen MR) is 78.3 cm³/mol. The van der Waals surface area contributed by atoms with Crippen LogP contribution in [0.3, 0.4) is 0 Å². The van der Waals surface area contributed by atoms with Crippen LogP contribution in [0.25, 0.3) is 0 Å². The second-order valence-corrected chi connectivity index (χ2v) is 7.24. The minimum atomic E-state index is 0.515. The molecule has 1 rings (SSSR count). The predicted octanol–water partition coefficient (Wildman–Crippen LogP) is 6.20. The molecule has 1 fully saturated rings. The molecule has 0 aromatic heterocycles. The summed E-state index contributed by atoms with van der Waals surface area (Å²) in [4.78, 5) is 0. The Hall–Kier alpha value is 0. The lowest BCUT2D eigenvalue weighted by Crippen LogP contribution is -2.41. The van der Waals surface area contributed by atoms with Crippen molar-refractivity contribution in [2.45, 2.75) is 92.4 Å². The minimum absolute atomic E-state index is 0.515. The highest BCUT2D eigenvalue weighted by Crippen LogP contribution is 2.53. The van der Waals surface area contributed by atoms with Gasteiger partial charge in [0.25, 0.3) is 0 Å². The van der Waals surface area contributed by atoms with E-state index in [-0.39, 0.29) is 0 Å². The van der Waals surface area contributed by atoms with Crippen molar-refractivity contribution in [1.29, 1.82) is 0 Å². The van der Waals surface area contributed by atoms with Crippen LogP contribution >= 0.6 is 0 Å². The maximum atomic E-state index is 2.57. The third kappa shape index (κ3) is 3.48. The van der Waals surface area contributed by atoms with Gasteiger partial charge in [0.2, 0.25) is 0 Å². The van der Waals surface area contributed by atoms with Crippen molar-refractivity contribution >= 4 is 0 Å². The fourth-order valence-corrected chi connectivity index (χ4v) is 3.63. The number of rotatable bonds is 4. The molecular weight excluding hydrogens is 204 g/mol. The standard InChI is InChI=1S/C17H34/c1-6-7-10-13-17(5)14-11-8-9-12-15(2)16(17,3)4/h15H,6-14H2,1-5H3. The molecular formula is C17H34. The summed E-state index contributed by atoms with van der Waals surface area (Å²) in [5, 5.41) is 0. The van der Waals surface area contributed by atoms with Crippen LogP contribution in [0.2, 0.25) is 0 Å². The molecule has 0 spiro atoms. The molecule has 17 heavy (non-hydrogen) atoms. The Morgan fingerprint density at radius 3 is 2.35 bits per heavy atom. The summed E-state index contributed by atoms with van der Waals surface area (Å²) in [6, 6.07) is 0. The van der Waals surface area contributed by atoms with E-state index >= 15 is 0 Å². The van der Waals surface area contributed by atoms with Crippen LogP contribution in [0.4, 0.5) is 0 Å². The molecule has 0 N–H and O–H groups in total. The summed E-state index contributed by atoms with van der Waals surface area (Å²) < 4.78 is 0. The molecule has 0 heteroatoms. The summed E-state index contributed by atoms with van der Waals surface area (Å²) in [7, 11) is 0. The van der Waals surface area contributed by atoms with Gasteiger partial charge in [-0.05, 0) is 29.6 Å². The average Bonchev–Trinajstić information content (AvgIpc) is 2.27. The zero-order valence-electron chi connectivity index (χ0n) is 12.9. The van der Waals surface area contributed by atoms with E-state index in [1.54, 1.807) is 0 Å². The van der Waals surface area contributed by atoms with Crippen molar-refractivity contribution in [3.8, 4) is 0 Å². The van der Waals surface area contributed by atoms with Gasteiger partial charge in [-0.1, -0.05) is 79.6 Å². The Kier molecular flexibility index (Phi) is 5.54. The first-order chi connectivity index (χ1) is 7.94. The van der Waals surface area contributed by atoms with Crippen molar-refractivity contribution in [1.82, 2.24) is 0 Å². The molecule has 1 aliphatic rings. The molecule has 0 radical (unpaired) electrons. The second kappa shape index (κ2) is 6.25. The quantitative estimate of drug-likeness (QED) is 0.511. The number of hydrogen-bond donors (Lipinski definition) is 0. The number of hydrogen-bond acceptors (Lipinski definition) is 0. The third-order valence-electron chi connectivity index (χ3n) is 5.99. The molecule has 1 aliphatic carbocycles. The lowest BCUT2D eigenvalue weighted by atomic mass is 9.55. The van der Waals surface area contributed by atoms with Gasteiger partial charge in [-0.3, -0.25) is 0 Å². The van der Waals surface area contributed by atoms with Crippen LogP contribution in [0.1, 0.15) is 92.4 Å². The number of unbranched alkanes of at least 4 members (excludes halogenated alkanes) is 2. The van der Waals surface area contributed by atoms with Crippen LogP contribution in [0.15, 0.2) is 0 Å². The minimum Gasteiger partial charge on any atom is -0.0654 e. The highest BCUT2D eigenvalue weighted by atomic mass is 14.5. The van der Waals surface area contributed by atoms with E-state index in [0.29, 0.717) is 10.8 Å². The average molecular weight is 238 g/mol. The smallest absolute Gasteiger partial charge is 0.0272 e. The first kappa shape index (κ1) is 15.1. The molecule has 0 amide bonds. The Balaban J connectivity index is 2.73. The molecule has 0 aliphatic heterocycles. The van der Waals surface area contributed by atoms with E-state index in [1.807, 2.05) is 0 Å². The lowest BCUT2D eigenvalue weighted by molar-refractivity contribution is -0.00181. The molecule has 102 valence electrons. The Labute approximate surface area is 110 Å². The molecule has 0 aromatic carbocycles. The van der Waals surface area contributed by atoms with Crippen molar-refractivity contribution in [3.63, 3.8) is 0 Å². The first-order valence-electron chi connectivity index (χ1n) is 7.94. The van der Waals surface area contributed by atoms with Crippen LogP contribution in [-0.2, 0) is 0 Å². The van der Waals surface area contributed by atoms with Crippen LogP contribution in [0.5, 0.6) is 0 Å². The summed E-state index contributed by atoms with van der Waals surface area (Å²) in [5.74, 6) is 0.884. The molecule has 0 nitrogen and oxygen atoms in total. The molecule has 0 saturated heterocycles. The highest BCUT2D eigenvalue weighted by Gasteiger charge is 2.43. The zero-order chi connectivity index (χ0) is 12.9. The second-order valence-electron chi connectivity index (χ2n) is 7.24. The summed E-state index contributed by atoms with van der Waals surface area (Å²) in [5.41, 5.74) is 1.09. The van der Waals surface area contributed by atoms with Gasteiger partial charge in [-0.25, -0.2) is 0 Å². The normalized spacial score (nSPS) is 34.1. The van der Waals surface area contributed by atoms with E-state index in [0.717, 1.165) is 5.92 Å². The fraction of sp³-hybridized carbons (Fsp3) is 1.00. The van der Waals surface area contributed by atoms with Crippen molar-refractivity contribution in [2.24, 2.45) is 16.7 Å². The van der Waals surface area contributed by atoms with Gasteiger partial charge in [0.1, 0.15) is 0 Å². The van der Waals surface area contributed by atoms with Crippen LogP contribution in [0, 0.1) is 16.7 Å². The molecule has 0 bridgehead atoms. The summed E-state index contributed by atoms with van der Waals surface area (Å²) in [6.07, 6.45) is 12.9. The third-order valence-corrected chi connectivity index (χ3v) is 5.99. The van der Waals surface area contributed by atoms with E-state index in [2.05, 4.69) is 34.6 Å². The molecule has 1 saturated carbocycles. The van der Waals surface area contributed by atoms with Gasteiger partial charge < -0.3 is 0 Å². The maximum absolute atomic E-state index is 2.57. The van der Waals surface area contributed by atoms with Gasteiger partial charge >= 0.3 is 0 Å².